The summed E-state index contributed by atoms with van der Waals surface area (Å²) in [6.45, 7) is 4.51. The van der Waals surface area contributed by atoms with Gasteiger partial charge in [0.05, 0.1) is 12.7 Å². The third kappa shape index (κ3) is 9.18. The highest BCUT2D eigenvalue weighted by molar-refractivity contribution is 7.98. The van der Waals surface area contributed by atoms with Gasteiger partial charge in [-0.15, -0.1) is 0 Å². The Morgan fingerprint density at radius 3 is 2.53 bits per heavy atom. The molecule has 0 radical (unpaired) electrons. The van der Waals surface area contributed by atoms with E-state index in [1.165, 1.54) is 12.2 Å². The third-order valence-corrected chi connectivity index (χ3v) is 3.13. The molecule has 0 rings (SSSR count). The summed E-state index contributed by atoms with van der Waals surface area (Å²) in [5, 5.41) is 18.4. The maximum atomic E-state index is 9.53. The summed E-state index contributed by atoms with van der Waals surface area (Å²) in [6, 6.07) is 0. The van der Waals surface area contributed by atoms with E-state index >= 15 is 0 Å². The van der Waals surface area contributed by atoms with Crippen LogP contribution in [-0.4, -0.2) is 59.5 Å². The fourth-order valence-corrected chi connectivity index (χ4v) is 1.94. The number of aliphatic hydroxyl groups is 2. The molecule has 0 aromatic carbocycles. The Hall–Kier alpha value is 0.230. The topological polar surface area (TPSA) is 43.7 Å². The van der Waals surface area contributed by atoms with E-state index in [0.29, 0.717) is 13.1 Å². The van der Waals surface area contributed by atoms with E-state index in [4.69, 9.17) is 5.11 Å². The van der Waals surface area contributed by atoms with Crippen molar-refractivity contribution >= 4 is 11.8 Å². The fraction of sp³-hybridized carbons (Fsp3) is 1.00. The van der Waals surface area contributed by atoms with E-state index in [1.54, 1.807) is 0 Å². The lowest BCUT2D eigenvalue weighted by molar-refractivity contribution is 0.0962. The molecular weight excluding hydrogens is 210 g/mol. The molecule has 2 N–H and O–H groups in total. The van der Waals surface area contributed by atoms with Gasteiger partial charge in [-0.3, -0.25) is 4.90 Å². The van der Waals surface area contributed by atoms with E-state index in [-0.39, 0.29) is 12.7 Å². The molecule has 0 saturated carbocycles. The van der Waals surface area contributed by atoms with Crippen LogP contribution in [0.15, 0.2) is 0 Å². The lowest BCUT2D eigenvalue weighted by Crippen LogP contribution is -2.35. The van der Waals surface area contributed by atoms with Crippen molar-refractivity contribution in [2.75, 3.05) is 38.2 Å². The third-order valence-electron chi connectivity index (χ3n) is 2.43. The van der Waals surface area contributed by atoms with Gasteiger partial charge < -0.3 is 10.2 Å². The Morgan fingerprint density at radius 2 is 2.00 bits per heavy atom. The predicted molar refractivity (Wildman–Crippen MR) is 67.4 cm³/mol. The molecule has 4 heteroatoms. The second-order valence-corrected chi connectivity index (χ2v) is 4.77. The van der Waals surface area contributed by atoms with Crippen LogP contribution >= 0.6 is 11.8 Å². The predicted octanol–water partition coefficient (Wildman–Crippen LogP) is 1.19. The number of unbranched alkanes of at least 4 members (excludes halogenated alkanes) is 1. The van der Waals surface area contributed by atoms with Gasteiger partial charge >= 0.3 is 0 Å². The highest BCUT2D eigenvalue weighted by atomic mass is 32.2. The molecule has 0 aliphatic heterocycles. The molecule has 15 heavy (non-hydrogen) atoms. The van der Waals surface area contributed by atoms with Crippen LogP contribution < -0.4 is 0 Å². The van der Waals surface area contributed by atoms with Crippen LogP contribution in [0.1, 0.15) is 26.2 Å². The van der Waals surface area contributed by atoms with Crippen molar-refractivity contribution in [3.63, 3.8) is 0 Å². The lowest BCUT2D eigenvalue weighted by atomic mass is 10.2. The lowest BCUT2D eigenvalue weighted by Gasteiger charge is -2.23. The van der Waals surface area contributed by atoms with Gasteiger partial charge in [0.2, 0.25) is 0 Å². The summed E-state index contributed by atoms with van der Waals surface area (Å²) in [4.78, 5) is 2.15. The van der Waals surface area contributed by atoms with Crippen LogP contribution in [0.5, 0.6) is 0 Å². The average Bonchev–Trinajstić information content (AvgIpc) is 2.24. The number of hydrogen-bond acceptors (Lipinski definition) is 4. The maximum Gasteiger partial charge on any atom is 0.0664 e. The minimum atomic E-state index is -0.253. The Bertz CT molecular complexity index is 136. The summed E-state index contributed by atoms with van der Waals surface area (Å²) < 4.78 is 0. The Kier molecular flexibility index (Phi) is 10.9. The fourth-order valence-electron chi connectivity index (χ4n) is 1.44. The molecule has 0 aliphatic carbocycles. The van der Waals surface area contributed by atoms with Gasteiger partial charge in [-0.2, -0.15) is 11.8 Å². The number of thioether (sulfide) groups is 1. The summed E-state index contributed by atoms with van der Waals surface area (Å²) in [6.07, 6.45) is 5.01. The minimum Gasteiger partial charge on any atom is -0.395 e. The van der Waals surface area contributed by atoms with Crippen LogP contribution in [0.3, 0.4) is 0 Å². The minimum absolute atomic E-state index is 0.180. The van der Waals surface area contributed by atoms with Crippen molar-refractivity contribution in [2.45, 2.75) is 32.3 Å². The smallest absolute Gasteiger partial charge is 0.0664 e. The molecule has 0 aromatic rings. The molecular formula is C11H25NO2S. The quantitative estimate of drug-likeness (QED) is 0.558. The highest BCUT2D eigenvalue weighted by Crippen LogP contribution is 2.03. The molecule has 0 spiro atoms. The Labute approximate surface area is 97.9 Å². The van der Waals surface area contributed by atoms with Gasteiger partial charge in [0.1, 0.15) is 0 Å². The zero-order valence-corrected chi connectivity index (χ0v) is 10.8. The standard InChI is InChI=1S/C11H25NO2S/c1-3-11(14)10-12(7-8-13)6-4-5-9-15-2/h11,13-14H,3-10H2,1-2H3. The summed E-state index contributed by atoms with van der Waals surface area (Å²) in [5.41, 5.74) is 0. The average molecular weight is 235 g/mol. The number of nitrogens with zero attached hydrogens (tertiary/aromatic N) is 1. The van der Waals surface area contributed by atoms with Gasteiger partial charge in [-0.25, -0.2) is 0 Å². The molecule has 0 aromatic heterocycles. The number of aliphatic hydroxyl groups excluding tert-OH is 2. The first-order valence-corrected chi connectivity index (χ1v) is 7.14. The van der Waals surface area contributed by atoms with E-state index in [2.05, 4.69) is 11.2 Å². The molecule has 0 bridgehead atoms. The van der Waals surface area contributed by atoms with Gasteiger partial charge in [0.15, 0.2) is 0 Å². The van der Waals surface area contributed by atoms with Gasteiger partial charge in [0, 0.05) is 13.1 Å². The normalized spacial score (nSPS) is 13.4. The van der Waals surface area contributed by atoms with Crippen LogP contribution in [0.2, 0.25) is 0 Å². The molecule has 92 valence electrons. The maximum absolute atomic E-state index is 9.53. The summed E-state index contributed by atoms with van der Waals surface area (Å²) in [5.74, 6) is 1.20. The molecule has 0 aliphatic rings. The first-order valence-electron chi connectivity index (χ1n) is 5.74. The first kappa shape index (κ1) is 15.2. The molecule has 0 saturated heterocycles. The van der Waals surface area contributed by atoms with Crippen molar-refractivity contribution in [3.05, 3.63) is 0 Å². The molecule has 3 nitrogen and oxygen atoms in total. The van der Waals surface area contributed by atoms with Crippen LogP contribution in [-0.2, 0) is 0 Å². The van der Waals surface area contributed by atoms with Gasteiger partial charge in [-0.05, 0) is 37.8 Å². The monoisotopic (exact) mass is 235 g/mol. The largest absolute Gasteiger partial charge is 0.395 e. The second-order valence-electron chi connectivity index (χ2n) is 3.79. The zero-order valence-electron chi connectivity index (χ0n) is 9.98. The molecule has 0 heterocycles. The van der Waals surface area contributed by atoms with Crippen molar-refractivity contribution < 1.29 is 10.2 Å². The Balaban J connectivity index is 3.62. The van der Waals surface area contributed by atoms with E-state index in [9.17, 15) is 5.11 Å². The second kappa shape index (κ2) is 10.7. The van der Waals surface area contributed by atoms with Crippen molar-refractivity contribution in [2.24, 2.45) is 0 Å². The van der Waals surface area contributed by atoms with E-state index in [0.717, 1.165) is 19.4 Å². The Morgan fingerprint density at radius 1 is 1.27 bits per heavy atom. The van der Waals surface area contributed by atoms with Gasteiger partial charge in [0.25, 0.3) is 0 Å². The SMILES string of the molecule is CCC(O)CN(CCO)CCCCSC. The molecule has 0 amide bonds. The molecule has 0 fully saturated rings. The van der Waals surface area contributed by atoms with Crippen LogP contribution in [0.25, 0.3) is 0 Å². The molecule has 1 atom stereocenters. The number of rotatable bonds is 10. The van der Waals surface area contributed by atoms with Crippen LogP contribution in [0.4, 0.5) is 0 Å². The van der Waals surface area contributed by atoms with Crippen molar-refractivity contribution in [1.29, 1.82) is 0 Å². The first-order chi connectivity index (χ1) is 7.24. The highest BCUT2D eigenvalue weighted by Gasteiger charge is 2.08. The number of hydrogen-bond donors (Lipinski definition) is 2. The molecule has 1 unspecified atom stereocenters. The zero-order chi connectivity index (χ0) is 11.5. The van der Waals surface area contributed by atoms with Crippen molar-refractivity contribution in [3.8, 4) is 0 Å². The summed E-state index contributed by atoms with van der Waals surface area (Å²) in [7, 11) is 0. The van der Waals surface area contributed by atoms with E-state index in [1.807, 2.05) is 18.7 Å². The van der Waals surface area contributed by atoms with E-state index < -0.39 is 0 Å². The van der Waals surface area contributed by atoms with Crippen molar-refractivity contribution in [1.82, 2.24) is 4.90 Å². The van der Waals surface area contributed by atoms with Gasteiger partial charge in [-0.1, -0.05) is 6.92 Å². The summed E-state index contributed by atoms with van der Waals surface area (Å²) >= 11 is 1.87. The van der Waals surface area contributed by atoms with Crippen LogP contribution in [0, 0.1) is 0 Å².